The van der Waals surface area contributed by atoms with Gasteiger partial charge in [-0.3, -0.25) is 9.59 Å². The molecule has 0 aliphatic rings. The molecule has 8 nitrogen and oxygen atoms in total. The van der Waals surface area contributed by atoms with E-state index in [0.717, 1.165) is 11.8 Å². The molecule has 9 heteroatoms. The van der Waals surface area contributed by atoms with Gasteiger partial charge in [0.05, 0.1) is 0 Å². The Balaban J connectivity index is 2.96. The lowest BCUT2D eigenvalue weighted by molar-refractivity contribution is -0.155. The van der Waals surface area contributed by atoms with Crippen molar-refractivity contribution in [2.75, 3.05) is 0 Å². The maximum Gasteiger partial charge on any atom is 0.408 e. The van der Waals surface area contributed by atoms with E-state index in [4.69, 9.17) is 9.47 Å². The predicted molar refractivity (Wildman–Crippen MR) is 114 cm³/mol. The zero-order valence-corrected chi connectivity index (χ0v) is 19.2. The Bertz CT molecular complexity index is 782. The van der Waals surface area contributed by atoms with Gasteiger partial charge in [-0.25, -0.2) is 9.59 Å². The molecule has 2 atom stereocenters. The van der Waals surface area contributed by atoms with Gasteiger partial charge in [0.2, 0.25) is 5.91 Å². The zero-order valence-electron chi connectivity index (χ0n) is 18.4. The Hall–Kier alpha value is -2.55. The van der Waals surface area contributed by atoms with Crippen LogP contribution >= 0.6 is 11.8 Å². The number of carbonyl (C=O) groups excluding carboxylic acids is 4. The predicted octanol–water partition coefficient (Wildman–Crippen LogP) is 3.29. The van der Waals surface area contributed by atoms with Crippen molar-refractivity contribution in [1.29, 1.82) is 0 Å². The number of carbonyl (C=O) groups is 4. The summed E-state index contributed by atoms with van der Waals surface area (Å²) in [5.41, 5.74) is -1.11. The first-order valence-electron chi connectivity index (χ1n) is 9.45. The molecule has 0 fully saturated rings. The number of ether oxygens (including phenoxy) is 2. The molecule has 0 radical (unpaired) electrons. The molecule has 1 aromatic carbocycles. The van der Waals surface area contributed by atoms with Crippen LogP contribution < -0.4 is 10.6 Å². The maximum absolute atomic E-state index is 12.7. The Morgan fingerprint density at radius 3 is 2.07 bits per heavy atom. The Morgan fingerprint density at radius 1 is 0.967 bits per heavy atom. The van der Waals surface area contributed by atoms with Gasteiger partial charge in [0.25, 0.3) is 0 Å². The van der Waals surface area contributed by atoms with Crippen molar-refractivity contribution in [2.45, 2.75) is 76.0 Å². The Kier molecular flexibility index (Phi) is 8.90. The van der Waals surface area contributed by atoms with E-state index in [9.17, 15) is 19.2 Å². The molecule has 166 valence electrons. The molecule has 0 bridgehead atoms. The van der Waals surface area contributed by atoms with Crippen LogP contribution in [0.3, 0.4) is 0 Å². The van der Waals surface area contributed by atoms with Crippen LogP contribution in [0, 0.1) is 0 Å². The highest BCUT2D eigenvalue weighted by Gasteiger charge is 2.30. The minimum absolute atomic E-state index is 0.380. The van der Waals surface area contributed by atoms with E-state index in [-0.39, 0.29) is 0 Å². The van der Waals surface area contributed by atoms with E-state index in [1.807, 2.05) is 0 Å². The summed E-state index contributed by atoms with van der Waals surface area (Å²) in [5.74, 6) is -1.28. The van der Waals surface area contributed by atoms with Crippen LogP contribution in [0.25, 0.3) is 0 Å². The van der Waals surface area contributed by atoms with Crippen molar-refractivity contribution in [2.24, 2.45) is 0 Å². The van der Waals surface area contributed by atoms with Crippen LogP contribution in [0.4, 0.5) is 4.79 Å². The van der Waals surface area contributed by atoms with Gasteiger partial charge in [-0.1, -0.05) is 30.0 Å². The molecule has 2 N–H and O–H groups in total. The summed E-state index contributed by atoms with van der Waals surface area (Å²) in [6.07, 6.45) is -0.0823. The van der Waals surface area contributed by atoms with Gasteiger partial charge in [0.1, 0.15) is 17.2 Å². The Morgan fingerprint density at radius 2 is 1.53 bits per heavy atom. The van der Waals surface area contributed by atoms with Crippen LogP contribution in [-0.2, 0) is 19.1 Å². The molecular weight excluding hydrogens is 408 g/mol. The molecule has 30 heavy (non-hydrogen) atoms. The number of aldehydes is 1. The summed E-state index contributed by atoms with van der Waals surface area (Å²) < 4.78 is 10.5. The molecule has 0 saturated carbocycles. The second-order valence-electron chi connectivity index (χ2n) is 8.56. The summed E-state index contributed by atoms with van der Waals surface area (Å²) >= 11 is 0.982. The average Bonchev–Trinajstić information content (AvgIpc) is 2.58. The molecule has 1 unspecified atom stereocenters. The van der Waals surface area contributed by atoms with E-state index >= 15 is 0 Å². The minimum atomic E-state index is -1.12. The third-order valence-electron chi connectivity index (χ3n) is 3.31. The standard InChI is InChI=1S/C21H30N2O6S/c1-13(22-19(27)29-21(5,6)7)16(25)23-17(18(26)28-20(2,3)4)30-15-11-9-8-10-14(15)12-24/h8-13,17H,1-7H3,(H,22,27)(H,23,25)/t13-,17?/m1/s1. The second-order valence-corrected chi connectivity index (χ2v) is 9.71. The highest BCUT2D eigenvalue weighted by Crippen LogP contribution is 2.27. The number of benzene rings is 1. The summed E-state index contributed by atoms with van der Waals surface area (Å²) in [7, 11) is 0. The highest BCUT2D eigenvalue weighted by molar-refractivity contribution is 8.00. The molecule has 0 heterocycles. The molecule has 0 aliphatic carbocycles. The van der Waals surface area contributed by atoms with E-state index in [0.29, 0.717) is 16.7 Å². The maximum atomic E-state index is 12.7. The number of rotatable bonds is 7. The van der Waals surface area contributed by atoms with Gasteiger partial charge >= 0.3 is 12.1 Å². The first-order valence-corrected chi connectivity index (χ1v) is 10.3. The van der Waals surface area contributed by atoms with Crippen LogP contribution in [0.15, 0.2) is 29.2 Å². The van der Waals surface area contributed by atoms with Crippen molar-refractivity contribution in [3.63, 3.8) is 0 Å². The summed E-state index contributed by atoms with van der Waals surface area (Å²) in [5, 5.41) is 3.87. The number of esters is 1. The van der Waals surface area contributed by atoms with Gasteiger partial charge in [0, 0.05) is 10.5 Å². The Labute approximate surface area is 181 Å². The quantitative estimate of drug-likeness (QED) is 0.291. The zero-order chi connectivity index (χ0) is 23.1. The molecule has 2 amide bonds. The third kappa shape index (κ3) is 9.30. The van der Waals surface area contributed by atoms with Crippen LogP contribution in [0.1, 0.15) is 58.8 Å². The lowest BCUT2D eigenvalue weighted by atomic mass is 10.2. The monoisotopic (exact) mass is 438 g/mol. The van der Waals surface area contributed by atoms with Crippen LogP contribution in [0.5, 0.6) is 0 Å². The van der Waals surface area contributed by atoms with Crippen molar-refractivity contribution in [3.05, 3.63) is 29.8 Å². The third-order valence-corrected chi connectivity index (χ3v) is 4.48. The van der Waals surface area contributed by atoms with E-state index in [1.54, 1.807) is 65.8 Å². The molecule has 0 aromatic heterocycles. The molecule has 1 aromatic rings. The average molecular weight is 439 g/mol. The van der Waals surface area contributed by atoms with Crippen molar-refractivity contribution >= 4 is 36.0 Å². The molecule has 1 rings (SSSR count). The van der Waals surface area contributed by atoms with E-state index in [1.165, 1.54) is 6.92 Å². The number of alkyl carbamates (subject to hydrolysis) is 1. The van der Waals surface area contributed by atoms with E-state index in [2.05, 4.69) is 10.6 Å². The second kappa shape index (κ2) is 10.5. The molecule has 0 spiro atoms. The van der Waals surface area contributed by atoms with Gasteiger partial charge in [0.15, 0.2) is 11.7 Å². The first-order chi connectivity index (χ1) is 13.7. The fourth-order valence-electron chi connectivity index (χ4n) is 2.11. The molecule has 0 saturated heterocycles. The smallest absolute Gasteiger partial charge is 0.408 e. The first kappa shape index (κ1) is 25.5. The molecule has 0 aliphatic heterocycles. The summed E-state index contributed by atoms with van der Waals surface area (Å²) in [6.45, 7) is 11.7. The summed E-state index contributed by atoms with van der Waals surface area (Å²) in [4.78, 5) is 49.0. The highest BCUT2D eigenvalue weighted by atomic mass is 32.2. The van der Waals surface area contributed by atoms with Crippen molar-refractivity contribution in [1.82, 2.24) is 10.6 Å². The number of hydrogen-bond donors (Lipinski definition) is 2. The van der Waals surface area contributed by atoms with Gasteiger partial charge in [-0.2, -0.15) is 0 Å². The largest absolute Gasteiger partial charge is 0.458 e. The van der Waals surface area contributed by atoms with Crippen molar-refractivity contribution in [3.8, 4) is 0 Å². The summed E-state index contributed by atoms with van der Waals surface area (Å²) in [6, 6.07) is 5.72. The van der Waals surface area contributed by atoms with Gasteiger partial charge in [-0.05, 0) is 54.5 Å². The normalized spacial score (nSPS) is 13.6. The number of nitrogens with one attached hydrogen (secondary N) is 2. The SMILES string of the molecule is C[C@@H](NC(=O)OC(C)(C)C)C(=O)NC(Sc1ccccc1C=O)C(=O)OC(C)(C)C. The van der Waals surface area contributed by atoms with E-state index < -0.39 is 40.6 Å². The lowest BCUT2D eigenvalue weighted by Crippen LogP contribution is -2.51. The minimum Gasteiger partial charge on any atom is -0.458 e. The van der Waals surface area contributed by atoms with Crippen molar-refractivity contribution < 1.29 is 28.7 Å². The van der Waals surface area contributed by atoms with Crippen LogP contribution in [0.2, 0.25) is 0 Å². The number of thioether (sulfide) groups is 1. The number of amides is 2. The van der Waals surface area contributed by atoms with Gasteiger partial charge < -0.3 is 20.1 Å². The van der Waals surface area contributed by atoms with Gasteiger partial charge in [-0.15, -0.1) is 0 Å². The van der Waals surface area contributed by atoms with Crippen LogP contribution in [-0.4, -0.2) is 46.9 Å². The lowest BCUT2D eigenvalue weighted by Gasteiger charge is -2.26. The fraction of sp³-hybridized carbons (Fsp3) is 0.524. The molecular formula is C21H30N2O6S. The fourth-order valence-corrected chi connectivity index (χ4v) is 3.09. The number of hydrogen-bond acceptors (Lipinski definition) is 7. The topological polar surface area (TPSA) is 111 Å².